The number of ether oxygens (including phenoxy) is 1. The van der Waals surface area contributed by atoms with E-state index >= 15 is 0 Å². The molecule has 0 unspecified atom stereocenters. The number of carbonyl (C=O) groups is 3. The van der Waals surface area contributed by atoms with Crippen molar-refractivity contribution in [1.29, 1.82) is 0 Å². The Morgan fingerprint density at radius 2 is 1.42 bits per heavy atom. The van der Waals surface area contributed by atoms with E-state index in [4.69, 9.17) is 4.74 Å². The zero-order valence-corrected chi connectivity index (χ0v) is 14.7. The highest BCUT2D eigenvalue weighted by Gasteiger charge is 2.07. The third kappa shape index (κ3) is 6.64. The van der Waals surface area contributed by atoms with Crippen LogP contribution in [-0.2, 0) is 14.4 Å². The molecule has 0 heterocycles. The first-order valence-electron chi connectivity index (χ1n) is 8.06. The van der Waals surface area contributed by atoms with Gasteiger partial charge in [0.25, 0.3) is 5.91 Å². The topological polar surface area (TPSA) is 96.5 Å². The van der Waals surface area contributed by atoms with Gasteiger partial charge in [0, 0.05) is 18.3 Å². The molecular formula is C19H21N3O4. The summed E-state index contributed by atoms with van der Waals surface area (Å²) in [5, 5.41) is 7.77. The highest BCUT2D eigenvalue weighted by Crippen LogP contribution is 2.13. The normalized spacial score (nSPS) is 9.92. The van der Waals surface area contributed by atoms with Crippen LogP contribution in [-0.4, -0.2) is 30.9 Å². The van der Waals surface area contributed by atoms with Crippen LogP contribution in [0, 0.1) is 6.92 Å². The highest BCUT2D eigenvalue weighted by atomic mass is 16.5. The van der Waals surface area contributed by atoms with Crippen molar-refractivity contribution in [3.8, 4) is 5.75 Å². The Kier molecular flexibility index (Phi) is 6.73. The van der Waals surface area contributed by atoms with Gasteiger partial charge in [-0.1, -0.05) is 17.7 Å². The van der Waals surface area contributed by atoms with Crippen LogP contribution >= 0.6 is 0 Å². The summed E-state index contributed by atoms with van der Waals surface area (Å²) < 4.78 is 5.34. The fourth-order valence-corrected chi connectivity index (χ4v) is 2.06. The molecule has 0 aliphatic heterocycles. The predicted molar refractivity (Wildman–Crippen MR) is 99.1 cm³/mol. The lowest BCUT2D eigenvalue weighted by molar-refractivity contribution is -0.125. The van der Waals surface area contributed by atoms with Gasteiger partial charge in [-0.25, -0.2) is 0 Å². The summed E-state index contributed by atoms with van der Waals surface area (Å²) in [6.45, 7) is 3.05. The van der Waals surface area contributed by atoms with E-state index in [2.05, 4.69) is 16.0 Å². The number of hydrogen-bond acceptors (Lipinski definition) is 4. The van der Waals surface area contributed by atoms with Crippen LogP contribution in [0.1, 0.15) is 12.5 Å². The fourth-order valence-electron chi connectivity index (χ4n) is 2.06. The van der Waals surface area contributed by atoms with Crippen LogP contribution in [0.25, 0.3) is 0 Å². The summed E-state index contributed by atoms with van der Waals surface area (Å²) in [4.78, 5) is 34.5. The molecule has 2 rings (SSSR count). The Morgan fingerprint density at radius 1 is 0.846 bits per heavy atom. The molecule has 3 amide bonds. The maximum Gasteiger partial charge on any atom is 0.258 e. The number of aryl methyl sites for hydroxylation is 1. The van der Waals surface area contributed by atoms with Crippen LogP contribution in [0.2, 0.25) is 0 Å². The van der Waals surface area contributed by atoms with Gasteiger partial charge in [0.1, 0.15) is 5.75 Å². The zero-order chi connectivity index (χ0) is 18.9. The molecule has 0 aliphatic carbocycles. The third-order valence-corrected chi connectivity index (χ3v) is 3.33. The van der Waals surface area contributed by atoms with Crippen molar-refractivity contribution in [1.82, 2.24) is 5.32 Å². The van der Waals surface area contributed by atoms with Crippen molar-refractivity contribution in [2.75, 3.05) is 23.8 Å². The van der Waals surface area contributed by atoms with Crippen molar-refractivity contribution >= 4 is 29.1 Å². The van der Waals surface area contributed by atoms with E-state index in [1.165, 1.54) is 6.92 Å². The van der Waals surface area contributed by atoms with E-state index in [0.717, 1.165) is 5.56 Å². The lowest BCUT2D eigenvalue weighted by Gasteiger charge is -2.09. The van der Waals surface area contributed by atoms with Crippen molar-refractivity contribution in [3.05, 3.63) is 54.1 Å². The zero-order valence-electron chi connectivity index (χ0n) is 14.7. The number of hydrogen-bond donors (Lipinski definition) is 3. The molecule has 0 atom stereocenters. The fraction of sp³-hybridized carbons (Fsp3) is 0.211. The molecule has 0 radical (unpaired) electrons. The molecule has 2 aromatic carbocycles. The Hall–Kier alpha value is -3.35. The lowest BCUT2D eigenvalue weighted by atomic mass is 10.2. The van der Waals surface area contributed by atoms with E-state index in [0.29, 0.717) is 17.1 Å². The van der Waals surface area contributed by atoms with E-state index in [1.54, 1.807) is 36.4 Å². The molecule has 0 fully saturated rings. The van der Waals surface area contributed by atoms with Gasteiger partial charge in [-0.3, -0.25) is 14.4 Å². The number of carbonyl (C=O) groups excluding carboxylic acids is 3. The van der Waals surface area contributed by atoms with Crippen LogP contribution < -0.4 is 20.7 Å². The Labute approximate surface area is 151 Å². The van der Waals surface area contributed by atoms with Crippen molar-refractivity contribution in [3.63, 3.8) is 0 Å². The summed E-state index contributed by atoms with van der Waals surface area (Å²) in [7, 11) is 0. The lowest BCUT2D eigenvalue weighted by Crippen LogP contribution is -2.35. The van der Waals surface area contributed by atoms with Crippen molar-refractivity contribution in [2.24, 2.45) is 0 Å². The number of amides is 3. The molecule has 26 heavy (non-hydrogen) atoms. The first-order valence-corrected chi connectivity index (χ1v) is 8.06. The van der Waals surface area contributed by atoms with Gasteiger partial charge in [-0.05, 0) is 43.3 Å². The number of rotatable bonds is 7. The Balaban J connectivity index is 1.71. The summed E-state index contributed by atoms with van der Waals surface area (Å²) in [5.74, 6) is -0.325. The van der Waals surface area contributed by atoms with E-state index in [-0.39, 0.29) is 30.9 Å². The average molecular weight is 355 g/mol. The number of nitrogens with one attached hydrogen (secondary N) is 3. The largest absolute Gasteiger partial charge is 0.484 e. The number of benzene rings is 2. The molecule has 0 saturated heterocycles. The summed E-state index contributed by atoms with van der Waals surface area (Å²) in [6.07, 6.45) is 0. The SMILES string of the molecule is CC(=O)Nc1ccc(NC(=O)CNC(=O)COc2ccc(C)cc2)cc1. The predicted octanol–water partition coefficient (Wildman–Crippen LogP) is 2.09. The molecular weight excluding hydrogens is 334 g/mol. The second-order valence-electron chi connectivity index (χ2n) is 5.69. The quantitative estimate of drug-likeness (QED) is 0.708. The molecule has 136 valence electrons. The van der Waals surface area contributed by atoms with Gasteiger partial charge in [0.05, 0.1) is 6.54 Å². The van der Waals surface area contributed by atoms with Crippen LogP contribution in [0.5, 0.6) is 5.75 Å². The molecule has 0 saturated carbocycles. The van der Waals surface area contributed by atoms with Gasteiger partial charge >= 0.3 is 0 Å². The summed E-state index contributed by atoms with van der Waals surface area (Å²) in [6, 6.07) is 14.0. The maximum atomic E-state index is 11.9. The molecule has 0 bridgehead atoms. The summed E-state index contributed by atoms with van der Waals surface area (Å²) >= 11 is 0. The van der Waals surface area contributed by atoms with Crippen molar-refractivity contribution < 1.29 is 19.1 Å². The number of anilines is 2. The minimum atomic E-state index is -0.387. The molecule has 2 aromatic rings. The van der Waals surface area contributed by atoms with Crippen LogP contribution in [0.4, 0.5) is 11.4 Å². The van der Waals surface area contributed by atoms with Gasteiger partial charge in [0.2, 0.25) is 11.8 Å². The van der Waals surface area contributed by atoms with Gasteiger partial charge in [-0.2, -0.15) is 0 Å². The molecule has 0 spiro atoms. The molecule has 7 nitrogen and oxygen atoms in total. The highest BCUT2D eigenvalue weighted by molar-refractivity contribution is 5.95. The standard InChI is InChI=1S/C19H21N3O4/c1-13-3-9-17(10-4-13)26-12-19(25)20-11-18(24)22-16-7-5-15(6-8-16)21-14(2)23/h3-10H,11-12H2,1-2H3,(H,20,25)(H,21,23)(H,22,24). The summed E-state index contributed by atoms with van der Waals surface area (Å²) in [5.41, 5.74) is 2.30. The van der Waals surface area contributed by atoms with E-state index in [1.807, 2.05) is 19.1 Å². The van der Waals surface area contributed by atoms with Crippen molar-refractivity contribution in [2.45, 2.75) is 13.8 Å². The monoisotopic (exact) mass is 355 g/mol. The van der Waals surface area contributed by atoms with Gasteiger partial charge < -0.3 is 20.7 Å². The second-order valence-corrected chi connectivity index (χ2v) is 5.69. The van der Waals surface area contributed by atoms with Crippen LogP contribution in [0.15, 0.2) is 48.5 Å². The molecule has 3 N–H and O–H groups in total. The molecule has 0 aliphatic rings. The smallest absolute Gasteiger partial charge is 0.258 e. The maximum absolute atomic E-state index is 11.9. The first-order chi connectivity index (χ1) is 12.4. The third-order valence-electron chi connectivity index (χ3n) is 3.33. The van der Waals surface area contributed by atoms with Gasteiger partial charge in [-0.15, -0.1) is 0 Å². The molecule has 7 heteroatoms. The Morgan fingerprint density at radius 3 is 2.00 bits per heavy atom. The Bertz CT molecular complexity index is 770. The van der Waals surface area contributed by atoms with Crippen LogP contribution in [0.3, 0.4) is 0 Å². The second kappa shape index (κ2) is 9.22. The van der Waals surface area contributed by atoms with E-state index in [9.17, 15) is 14.4 Å². The average Bonchev–Trinajstić information content (AvgIpc) is 2.61. The minimum absolute atomic E-state index is 0.163. The minimum Gasteiger partial charge on any atom is -0.484 e. The van der Waals surface area contributed by atoms with Gasteiger partial charge in [0.15, 0.2) is 6.61 Å². The molecule has 0 aromatic heterocycles. The first kappa shape index (κ1) is 19.0. The van der Waals surface area contributed by atoms with E-state index < -0.39 is 0 Å².